The molecule has 2 aromatic rings. The van der Waals surface area contributed by atoms with Gasteiger partial charge in [-0.15, -0.1) is 0 Å². The van der Waals surface area contributed by atoms with Crippen LogP contribution in [0.25, 0.3) is 0 Å². The number of benzene rings is 2. The predicted octanol–water partition coefficient (Wildman–Crippen LogP) is -1.15. The minimum Gasteiger partial charge on any atom is -0.480 e. The molecule has 2 saturated heterocycles. The lowest BCUT2D eigenvalue weighted by atomic mass is 9.76. The number of amides is 4. The average Bonchev–Trinajstić information content (AvgIpc) is 3.02. The summed E-state index contributed by atoms with van der Waals surface area (Å²) in [5, 5.41) is 30.0. The first-order valence-electron chi connectivity index (χ1n) is 14.4. The normalized spacial score (nSPS) is 18.1. The molecule has 0 saturated carbocycles. The largest absolute Gasteiger partial charge is 0.480 e. The third-order valence-corrected chi connectivity index (χ3v) is 7.99. The van der Waals surface area contributed by atoms with Crippen molar-refractivity contribution < 1.29 is 29.1 Å². The van der Waals surface area contributed by atoms with Crippen LogP contribution >= 0.6 is 0 Å². The highest BCUT2D eigenvalue weighted by molar-refractivity contribution is 6.02. The fraction of sp³-hybridized carbons (Fsp3) is 0.400. The molecular formula is C30H38N8O6. The number of amidine groups is 1. The number of aliphatic carboxylic acids is 1. The Morgan fingerprint density at radius 1 is 0.977 bits per heavy atom. The van der Waals surface area contributed by atoms with Crippen LogP contribution in [0.1, 0.15) is 34.8 Å². The third-order valence-electron chi connectivity index (χ3n) is 7.99. The summed E-state index contributed by atoms with van der Waals surface area (Å²) in [6.45, 7) is 1.85. The number of nitrogens with two attached hydrogens (primary N) is 1. The Balaban J connectivity index is 1.87. The van der Waals surface area contributed by atoms with Crippen LogP contribution in [0.15, 0.2) is 54.6 Å². The number of nitrogens with zero attached hydrogens (tertiary/aromatic N) is 2. The quantitative estimate of drug-likeness (QED) is 0.115. The summed E-state index contributed by atoms with van der Waals surface area (Å²) in [7, 11) is 0. The zero-order chi connectivity index (χ0) is 31.9. The second kappa shape index (κ2) is 14.1. The first-order chi connectivity index (χ1) is 21.1. The van der Waals surface area contributed by atoms with Crippen molar-refractivity contribution in [1.82, 2.24) is 31.1 Å². The number of hydrogen-bond donors (Lipinski definition) is 7. The number of hydrogen-bond acceptors (Lipinski definition) is 8. The van der Waals surface area contributed by atoms with Crippen molar-refractivity contribution in [2.45, 2.75) is 37.5 Å². The third kappa shape index (κ3) is 6.55. The van der Waals surface area contributed by atoms with Crippen molar-refractivity contribution in [1.29, 1.82) is 5.41 Å². The van der Waals surface area contributed by atoms with E-state index in [4.69, 9.17) is 11.1 Å². The Labute approximate surface area is 254 Å². The zero-order valence-corrected chi connectivity index (χ0v) is 24.5. The van der Waals surface area contributed by atoms with Gasteiger partial charge < -0.3 is 41.9 Å². The molecule has 0 spiro atoms. The molecule has 14 nitrogen and oxygen atoms in total. The van der Waals surface area contributed by atoms with Crippen molar-refractivity contribution in [2.75, 3.05) is 39.3 Å². The number of carbonyl (C=O) groups excluding carboxylic acids is 4. The van der Waals surface area contributed by atoms with Crippen LogP contribution in [0.5, 0.6) is 0 Å². The summed E-state index contributed by atoms with van der Waals surface area (Å²) in [6.07, 6.45) is 0.0390. The van der Waals surface area contributed by atoms with Gasteiger partial charge in [0.2, 0.25) is 11.8 Å². The van der Waals surface area contributed by atoms with Crippen molar-refractivity contribution in [3.63, 3.8) is 0 Å². The highest BCUT2D eigenvalue weighted by Crippen LogP contribution is 2.33. The van der Waals surface area contributed by atoms with Crippen LogP contribution < -0.4 is 27.0 Å². The number of carboxylic acid groups (broad SMARTS) is 1. The van der Waals surface area contributed by atoms with E-state index in [2.05, 4.69) is 21.3 Å². The van der Waals surface area contributed by atoms with Gasteiger partial charge in [0.1, 0.15) is 5.84 Å². The molecule has 0 aliphatic carbocycles. The van der Waals surface area contributed by atoms with E-state index in [0.29, 0.717) is 5.56 Å². The van der Waals surface area contributed by atoms with Crippen LogP contribution in [0.3, 0.4) is 0 Å². The highest BCUT2D eigenvalue weighted by Gasteiger charge is 2.63. The maximum absolute atomic E-state index is 14.7. The molecule has 0 radical (unpaired) electrons. The van der Waals surface area contributed by atoms with Gasteiger partial charge in [-0.25, -0.2) is 4.79 Å². The van der Waals surface area contributed by atoms with Gasteiger partial charge in [0.25, 0.3) is 11.8 Å². The number of rotatable bonds is 12. The maximum Gasteiger partial charge on any atom is 0.329 e. The van der Waals surface area contributed by atoms with E-state index in [1.165, 1.54) is 29.2 Å². The number of piperazine rings is 2. The molecule has 8 N–H and O–H groups in total. The van der Waals surface area contributed by atoms with E-state index in [1.54, 1.807) is 31.2 Å². The fourth-order valence-corrected chi connectivity index (χ4v) is 5.87. The highest BCUT2D eigenvalue weighted by atomic mass is 16.4. The van der Waals surface area contributed by atoms with Crippen LogP contribution in [-0.2, 0) is 25.7 Å². The van der Waals surface area contributed by atoms with E-state index in [-0.39, 0.29) is 63.6 Å². The first kappa shape index (κ1) is 32.1. The van der Waals surface area contributed by atoms with E-state index in [9.17, 15) is 29.1 Å². The first-order valence-corrected chi connectivity index (χ1v) is 14.4. The Morgan fingerprint density at radius 2 is 1.59 bits per heavy atom. The van der Waals surface area contributed by atoms with Crippen LogP contribution in [-0.4, -0.2) is 107 Å². The summed E-state index contributed by atoms with van der Waals surface area (Å²) in [4.78, 5) is 70.8. The number of nitrogens with one attached hydrogen (secondary N) is 5. The molecule has 3 atom stereocenters. The maximum atomic E-state index is 14.7. The smallest absolute Gasteiger partial charge is 0.329 e. The second-order valence-corrected chi connectivity index (χ2v) is 10.6. The molecule has 2 aliphatic heterocycles. The molecule has 2 aliphatic rings. The Kier molecular flexibility index (Phi) is 10.3. The van der Waals surface area contributed by atoms with Crippen molar-refractivity contribution in [3.8, 4) is 0 Å². The van der Waals surface area contributed by atoms with Crippen molar-refractivity contribution in [3.05, 3.63) is 71.3 Å². The Morgan fingerprint density at radius 3 is 2.16 bits per heavy atom. The second-order valence-electron chi connectivity index (χ2n) is 10.6. The van der Waals surface area contributed by atoms with Crippen molar-refractivity contribution in [2.24, 2.45) is 5.73 Å². The lowest BCUT2D eigenvalue weighted by Crippen LogP contribution is -2.81. The SMILES string of the molecule is CCC(NC(=O)c1ccc(C(=N)N)cc1)C(C(=O)NCc1ccccc1)(C(C(=O)O)N1CCNCC1=O)N1CCNCC1=O. The standard InChI is InChI=1S/C30H38N8O6/c1-2-22(36-27(41)21-10-8-20(9-11-21)26(31)32)30(38-15-13-34-18-24(38)40,29(44)35-16-19-6-4-3-5-7-19)25(28(42)43)37-14-12-33-17-23(37)39/h3-11,22,25,33-34H,2,12-18H2,1H3,(H3,31,32)(H,35,44)(H,36,41)(H,42,43). The van der Waals surface area contributed by atoms with E-state index >= 15 is 0 Å². The molecular weight excluding hydrogens is 568 g/mol. The van der Waals surface area contributed by atoms with Gasteiger partial charge in [-0.1, -0.05) is 49.4 Å². The zero-order valence-electron chi connectivity index (χ0n) is 24.5. The fourth-order valence-electron chi connectivity index (χ4n) is 5.87. The minimum absolute atomic E-state index is 0.0143. The van der Waals surface area contributed by atoms with E-state index in [0.717, 1.165) is 10.5 Å². The predicted molar refractivity (Wildman–Crippen MR) is 161 cm³/mol. The number of carboxylic acids is 1. The van der Waals surface area contributed by atoms with Crippen molar-refractivity contribution >= 4 is 35.4 Å². The molecule has 234 valence electrons. The van der Waals surface area contributed by atoms with Gasteiger partial charge in [0, 0.05) is 43.9 Å². The molecule has 4 rings (SSSR count). The van der Waals surface area contributed by atoms with Crippen LogP contribution in [0.4, 0.5) is 0 Å². The van der Waals surface area contributed by atoms with Crippen LogP contribution in [0, 0.1) is 5.41 Å². The summed E-state index contributed by atoms with van der Waals surface area (Å²) < 4.78 is 0. The van der Waals surface area contributed by atoms with Gasteiger partial charge >= 0.3 is 5.97 Å². The molecule has 14 heteroatoms. The lowest BCUT2D eigenvalue weighted by Gasteiger charge is -2.53. The molecule has 2 heterocycles. The lowest BCUT2D eigenvalue weighted by molar-refractivity contribution is -0.172. The molecule has 3 unspecified atom stereocenters. The average molecular weight is 607 g/mol. The Bertz CT molecular complexity index is 1400. The van der Waals surface area contributed by atoms with Gasteiger partial charge in [0.15, 0.2) is 11.6 Å². The van der Waals surface area contributed by atoms with Gasteiger partial charge in [0.05, 0.1) is 19.1 Å². The molecule has 2 aromatic carbocycles. The summed E-state index contributed by atoms with van der Waals surface area (Å²) in [5.74, 6) is -4.20. The molecule has 44 heavy (non-hydrogen) atoms. The number of nitrogen functional groups attached to an aromatic ring is 1. The van der Waals surface area contributed by atoms with Crippen LogP contribution in [0.2, 0.25) is 0 Å². The monoisotopic (exact) mass is 606 g/mol. The topological polar surface area (TPSA) is 210 Å². The minimum atomic E-state index is -2.24. The molecule has 2 fully saturated rings. The summed E-state index contributed by atoms with van der Waals surface area (Å²) >= 11 is 0. The van der Waals surface area contributed by atoms with Gasteiger partial charge in [-0.2, -0.15) is 0 Å². The molecule has 0 aromatic heterocycles. The van der Waals surface area contributed by atoms with E-state index < -0.39 is 47.2 Å². The van der Waals surface area contributed by atoms with Gasteiger partial charge in [-0.3, -0.25) is 24.6 Å². The molecule has 4 amide bonds. The molecule has 0 bridgehead atoms. The number of carbonyl (C=O) groups is 5. The van der Waals surface area contributed by atoms with E-state index in [1.807, 2.05) is 6.07 Å². The Hall–Kier alpha value is -4.82. The summed E-state index contributed by atoms with van der Waals surface area (Å²) in [5.41, 5.74) is 4.61. The summed E-state index contributed by atoms with van der Waals surface area (Å²) in [6, 6.07) is 11.8. The van der Waals surface area contributed by atoms with Gasteiger partial charge in [-0.05, 0) is 24.1 Å².